The predicted molar refractivity (Wildman–Crippen MR) is 54.3 cm³/mol. The molecule has 1 aliphatic rings. The summed E-state index contributed by atoms with van der Waals surface area (Å²) in [6.07, 6.45) is 1.67. The van der Waals surface area contributed by atoms with Gasteiger partial charge >= 0.3 is 0 Å². The lowest BCUT2D eigenvalue weighted by Crippen LogP contribution is -2.23. The molecular weight excluding hydrogens is 148 g/mol. The molecule has 1 rings (SSSR count). The van der Waals surface area contributed by atoms with Gasteiger partial charge in [0, 0.05) is 0 Å². The van der Waals surface area contributed by atoms with Crippen molar-refractivity contribution in [3.05, 3.63) is 0 Å². The third kappa shape index (κ3) is 2.48. The zero-order valence-electron chi connectivity index (χ0n) is 9.48. The highest BCUT2D eigenvalue weighted by atomic mass is 16.5. The SMILES string of the molecule is CC.CC[C@H]1OCC(C)(C)[C@H]1C. The Morgan fingerprint density at radius 1 is 1.33 bits per heavy atom. The monoisotopic (exact) mass is 172 g/mol. The highest BCUT2D eigenvalue weighted by molar-refractivity contribution is 4.86. The van der Waals surface area contributed by atoms with Crippen LogP contribution < -0.4 is 0 Å². The van der Waals surface area contributed by atoms with E-state index in [0.29, 0.717) is 11.5 Å². The second kappa shape index (κ2) is 4.86. The average molecular weight is 172 g/mol. The fourth-order valence-corrected chi connectivity index (χ4v) is 1.57. The third-order valence-electron chi connectivity index (χ3n) is 2.86. The van der Waals surface area contributed by atoms with Crippen LogP contribution in [-0.4, -0.2) is 12.7 Å². The van der Waals surface area contributed by atoms with Gasteiger partial charge in [0.05, 0.1) is 12.7 Å². The molecule has 1 fully saturated rings. The van der Waals surface area contributed by atoms with E-state index in [4.69, 9.17) is 4.74 Å². The van der Waals surface area contributed by atoms with Crippen molar-refractivity contribution in [2.75, 3.05) is 6.61 Å². The normalized spacial score (nSPS) is 32.5. The van der Waals surface area contributed by atoms with Crippen molar-refractivity contribution in [3.8, 4) is 0 Å². The molecule has 0 amide bonds. The summed E-state index contributed by atoms with van der Waals surface area (Å²) in [5.41, 5.74) is 0.403. The first-order chi connectivity index (χ1) is 5.58. The fourth-order valence-electron chi connectivity index (χ4n) is 1.57. The predicted octanol–water partition coefficient (Wildman–Crippen LogP) is 3.48. The average Bonchev–Trinajstić information content (AvgIpc) is 2.32. The van der Waals surface area contributed by atoms with Crippen LogP contribution in [0.1, 0.15) is 48.0 Å². The summed E-state index contributed by atoms with van der Waals surface area (Å²) < 4.78 is 5.63. The summed E-state index contributed by atoms with van der Waals surface area (Å²) in [6.45, 7) is 14.0. The lowest BCUT2D eigenvalue weighted by molar-refractivity contribution is 0.0884. The summed E-state index contributed by atoms with van der Waals surface area (Å²) >= 11 is 0. The smallest absolute Gasteiger partial charge is 0.0604 e. The van der Waals surface area contributed by atoms with Crippen LogP contribution in [-0.2, 0) is 4.74 Å². The first-order valence-corrected chi connectivity index (χ1v) is 5.19. The Hall–Kier alpha value is -0.0400. The summed E-state index contributed by atoms with van der Waals surface area (Å²) in [6, 6.07) is 0. The summed E-state index contributed by atoms with van der Waals surface area (Å²) in [7, 11) is 0. The van der Waals surface area contributed by atoms with Gasteiger partial charge in [-0.25, -0.2) is 0 Å². The van der Waals surface area contributed by atoms with Gasteiger partial charge in [-0.15, -0.1) is 0 Å². The molecule has 0 bridgehead atoms. The van der Waals surface area contributed by atoms with Crippen molar-refractivity contribution in [1.82, 2.24) is 0 Å². The molecule has 0 radical (unpaired) electrons. The highest BCUT2D eigenvalue weighted by Crippen LogP contribution is 2.38. The second-order valence-corrected chi connectivity index (χ2v) is 4.03. The van der Waals surface area contributed by atoms with Crippen LogP contribution in [0, 0.1) is 11.3 Å². The number of hydrogen-bond donors (Lipinski definition) is 0. The van der Waals surface area contributed by atoms with Gasteiger partial charge in [-0.2, -0.15) is 0 Å². The van der Waals surface area contributed by atoms with E-state index in [1.165, 1.54) is 0 Å². The van der Waals surface area contributed by atoms with Crippen LogP contribution in [0.5, 0.6) is 0 Å². The standard InChI is InChI=1S/C9H18O.C2H6/c1-5-8-7(2)9(3,4)6-10-8;1-2/h7-8H,5-6H2,1-4H3;1-2H3/t7-,8+;/m0./s1. The molecule has 1 heteroatoms. The second-order valence-electron chi connectivity index (χ2n) is 4.03. The van der Waals surface area contributed by atoms with E-state index in [-0.39, 0.29) is 0 Å². The van der Waals surface area contributed by atoms with Crippen molar-refractivity contribution in [2.45, 2.75) is 54.1 Å². The Morgan fingerprint density at radius 3 is 2.00 bits per heavy atom. The minimum atomic E-state index is 0.403. The van der Waals surface area contributed by atoms with E-state index < -0.39 is 0 Å². The molecule has 1 nitrogen and oxygen atoms in total. The minimum Gasteiger partial charge on any atom is -0.377 e. The quantitative estimate of drug-likeness (QED) is 0.588. The molecule has 0 N–H and O–H groups in total. The lowest BCUT2D eigenvalue weighted by Gasteiger charge is -2.23. The molecule has 0 unspecified atom stereocenters. The Balaban J connectivity index is 0.000000561. The lowest BCUT2D eigenvalue weighted by atomic mass is 9.80. The Labute approximate surface area is 77.5 Å². The Bertz CT molecular complexity index is 118. The molecule has 0 aromatic rings. The minimum absolute atomic E-state index is 0.403. The van der Waals surface area contributed by atoms with Crippen molar-refractivity contribution in [2.24, 2.45) is 11.3 Å². The maximum atomic E-state index is 5.63. The Kier molecular flexibility index (Phi) is 4.84. The molecule has 0 aromatic heterocycles. The van der Waals surface area contributed by atoms with E-state index >= 15 is 0 Å². The van der Waals surface area contributed by atoms with Crippen LogP contribution in [0.2, 0.25) is 0 Å². The van der Waals surface area contributed by atoms with E-state index in [0.717, 1.165) is 18.9 Å². The number of ether oxygens (including phenoxy) is 1. The molecular formula is C11H24O. The molecule has 74 valence electrons. The third-order valence-corrected chi connectivity index (χ3v) is 2.86. The van der Waals surface area contributed by atoms with Gasteiger partial charge in [0.25, 0.3) is 0 Å². The Morgan fingerprint density at radius 2 is 1.83 bits per heavy atom. The van der Waals surface area contributed by atoms with Crippen LogP contribution in [0.15, 0.2) is 0 Å². The zero-order valence-corrected chi connectivity index (χ0v) is 9.48. The summed E-state index contributed by atoms with van der Waals surface area (Å²) in [4.78, 5) is 0. The van der Waals surface area contributed by atoms with Gasteiger partial charge in [-0.3, -0.25) is 0 Å². The van der Waals surface area contributed by atoms with E-state index in [9.17, 15) is 0 Å². The van der Waals surface area contributed by atoms with Crippen LogP contribution >= 0.6 is 0 Å². The molecule has 2 atom stereocenters. The number of hydrogen-bond acceptors (Lipinski definition) is 1. The van der Waals surface area contributed by atoms with Crippen LogP contribution in [0.3, 0.4) is 0 Å². The van der Waals surface area contributed by atoms with Gasteiger partial charge in [0.15, 0.2) is 0 Å². The molecule has 12 heavy (non-hydrogen) atoms. The van der Waals surface area contributed by atoms with Gasteiger partial charge in [0.2, 0.25) is 0 Å². The first kappa shape index (κ1) is 12.0. The van der Waals surface area contributed by atoms with Crippen molar-refractivity contribution >= 4 is 0 Å². The number of rotatable bonds is 1. The molecule has 1 heterocycles. The van der Waals surface area contributed by atoms with Gasteiger partial charge in [-0.1, -0.05) is 41.5 Å². The van der Waals surface area contributed by atoms with Crippen molar-refractivity contribution < 1.29 is 4.74 Å². The van der Waals surface area contributed by atoms with Gasteiger partial charge in [-0.05, 0) is 17.8 Å². The summed E-state index contributed by atoms with van der Waals surface area (Å²) in [5.74, 6) is 0.720. The van der Waals surface area contributed by atoms with E-state index in [1.54, 1.807) is 0 Å². The molecule has 0 aliphatic carbocycles. The zero-order chi connectivity index (χ0) is 9.78. The highest BCUT2D eigenvalue weighted by Gasteiger charge is 2.38. The summed E-state index contributed by atoms with van der Waals surface area (Å²) in [5, 5.41) is 0. The van der Waals surface area contributed by atoms with Crippen molar-refractivity contribution in [1.29, 1.82) is 0 Å². The van der Waals surface area contributed by atoms with E-state index in [1.807, 2.05) is 13.8 Å². The maximum Gasteiger partial charge on any atom is 0.0604 e. The fraction of sp³-hybridized carbons (Fsp3) is 1.00. The maximum absolute atomic E-state index is 5.63. The molecule has 0 saturated carbocycles. The topological polar surface area (TPSA) is 9.23 Å². The van der Waals surface area contributed by atoms with Crippen LogP contribution in [0.25, 0.3) is 0 Å². The van der Waals surface area contributed by atoms with Gasteiger partial charge in [0.1, 0.15) is 0 Å². The van der Waals surface area contributed by atoms with Crippen molar-refractivity contribution in [3.63, 3.8) is 0 Å². The largest absolute Gasteiger partial charge is 0.377 e. The molecule has 0 aromatic carbocycles. The molecule has 1 saturated heterocycles. The molecule has 1 aliphatic heterocycles. The molecule has 0 spiro atoms. The van der Waals surface area contributed by atoms with E-state index in [2.05, 4.69) is 27.7 Å². The van der Waals surface area contributed by atoms with Gasteiger partial charge < -0.3 is 4.74 Å². The van der Waals surface area contributed by atoms with Crippen LogP contribution in [0.4, 0.5) is 0 Å². The first-order valence-electron chi connectivity index (χ1n) is 5.19.